The van der Waals surface area contributed by atoms with Gasteiger partial charge < -0.3 is 0 Å². The van der Waals surface area contributed by atoms with Crippen molar-refractivity contribution in [1.82, 2.24) is 8.61 Å². The van der Waals surface area contributed by atoms with Gasteiger partial charge in [-0.05, 0) is 0 Å². The molecule has 2 saturated heterocycles. The van der Waals surface area contributed by atoms with Crippen LogP contribution >= 0.6 is 21.6 Å². The van der Waals surface area contributed by atoms with Crippen LogP contribution in [0, 0.1) is 0 Å². The highest BCUT2D eigenvalue weighted by Gasteiger charge is 2.62. The van der Waals surface area contributed by atoms with Crippen LogP contribution in [-0.4, -0.2) is 105 Å². The number of nitrogens with zero attached hydrogens (tertiary/aromatic N) is 2. The van der Waals surface area contributed by atoms with Gasteiger partial charge >= 0.3 is 20.6 Å². The Labute approximate surface area is 186 Å². The van der Waals surface area contributed by atoms with Crippen LogP contribution in [0.3, 0.4) is 0 Å². The predicted octanol–water partition coefficient (Wildman–Crippen LogP) is -4.04. The van der Waals surface area contributed by atoms with E-state index in [9.17, 15) is 62.0 Å². The first-order chi connectivity index (χ1) is 14.1. The van der Waals surface area contributed by atoms with Gasteiger partial charge in [-0.1, -0.05) is 21.6 Å². The van der Waals surface area contributed by atoms with E-state index in [-0.39, 0.29) is 21.6 Å². The van der Waals surface area contributed by atoms with Gasteiger partial charge in [0.15, 0.2) is 10.5 Å². The van der Waals surface area contributed by atoms with Crippen LogP contribution in [0.5, 0.6) is 0 Å². The molecular weight excluding hydrogens is 572 g/mol. The third-order valence-corrected chi connectivity index (χ3v) is 11.0. The number of carbonyl (C=O) groups excluding carboxylic acids is 4. The van der Waals surface area contributed by atoms with Crippen molar-refractivity contribution in [3.8, 4) is 0 Å². The summed E-state index contributed by atoms with van der Waals surface area (Å²) >= 11 is 0. The lowest BCUT2D eigenvalue weighted by atomic mass is 10.3. The first-order valence-corrected chi connectivity index (χ1v) is 15.1. The monoisotopic (exact) mass is 580 g/mol. The van der Waals surface area contributed by atoms with Gasteiger partial charge in [0.05, 0.1) is 0 Å². The molecule has 4 atom stereocenters. The second kappa shape index (κ2) is 8.13. The minimum absolute atomic E-state index is 0.276. The van der Waals surface area contributed by atoms with E-state index in [1.807, 2.05) is 0 Å². The summed E-state index contributed by atoms with van der Waals surface area (Å²) in [5.74, 6) is -8.22. The molecule has 0 radical (unpaired) electrons. The molecule has 4 N–H and O–H groups in total. The summed E-state index contributed by atoms with van der Waals surface area (Å²) in [5.41, 5.74) is 0. The van der Waals surface area contributed by atoms with Gasteiger partial charge in [-0.25, -0.2) is 0 Å². The molecule has 2 rings (SSSR count). The van der Waals surface area contributed by atoms with Crippen molar-refractivity contribution in [2.24, 2.45) is 0 Å². The zero-order chi connectivity index (χ0) is 25.2. The first-order valence-electron chi connectivity index (χ1n) is 7.07. The molecular formula is C8H8N2O16S6. The molecule has 0 aliphatic carbocycles. The number of hydrogen-bond donors (Lipinski definition) is 4. The van der Waals surface area contributed by atoms with Crippen molar-refractivity contribution < 1.29 is 71.1 Å². The van der Waals surface area contributed by atoms with Crippen LogP contribution in [0.25, 0.3) is 0 Å². The van der Waals surface area contributed by atoms with Crippen molar-refractivity contribution in [3.63, 3.8) is 0 Å². The maximum Gasteiger partial charge on any atom is 0.369 e. The van der Waals surface area contributed by atoms with Crippen molar-refractivity contribution in [1.29, 1.82) is 0 Å². The Morgan fingerprint density at radius 3 is 0.969 bits per heavy atom. The van der Waals surface area contributed by atoms with Crippen LogP contribution < -0.4 is 0 Å². The van der Waals surface area contributed by atoms with Crippen LogP contribution in [0.4, 0.5) is 0 Å². The molecule has 0 aromatic heterocycles. The standard InChI is InChI=1S/C8H8N2O16S6/c11-5-1(3(29(15,16)17)7(13)9(5)31(21,22)23)27-28-2-4(30(18,19)20)8(14)10(6(2)12)32(24,25)26/h1-4H,(H,15,16,17)(H,18,19,20)(H,21,22,23)(H,24,25,26). The second-order valence-corrected chi connectivity index (χ2v) is 13.9. The Balaban J connectivity index is 2.49. The zero-order valence-electron chi connectivity index (χ0n) is 14.3. The van der Waals surface area contributed by atoms with Crippen molar-refractivity contribution in [3.05, 3.63) is 0 Å². The normalized spacial score (nSPS) is 28.1. The Morgan fingerprint density at radius 1 is 0.531 bits per heavy atom. The Morgan fingerprint density at radius 2 is 0.781 bits per heavy atom. The van der Waals surface area contributed by atoms with Gasteiger partial charge in [0.1, 0.15) is 10.5 Å². The predicted molar refractivity (Wildman–Crippen MR) is 100 cm³/mol. The molecule has 182 valence electrons. The number of hydrogen-bond acceptors (Lipinski definition) is 14. The molecule has 2 aliphatic rings. The van der Waals surface area contributed by atoms with Crippen LogP contribution in [0.2, 0.25) is 0 Å². The van der Waals surface area contributed by atoms with E-state index in [1.165, 1.54) is 0 Å². The number of imide groups is 2. The maximum absolute atomic E-state index is 12.2. The maximum atomic E-state index is 12.2. The summed E-state index contributed by atoms with van der Waals surface area (Å²) in [5, 5.41) is -10.7. The largest absolute Gasteiger partial charge is 0.369 e. The van der Waals surface area contributed by atoms with Crippen molar-refractivity contribution in [2.45, 2.75) is 21.0 Å². The SMILES string of the molecule is O=C1C(SSC2C(=O)N(S(=O)(=O)O)C(=O)C2S(=O)(=O)O)C(S(=O)(=O)O)C(=O)N1S(=O)(=O)O. The Bertz CT molecular complexity index is 1220. The highest BCUT2D eigenvalue weighted by Crippen LogP contribution is 2.44. The topological polar surface area (TPSA) is 292 Å². The minimum Gasteiger partial charge on any atom is -0.285 e. The number of carbonyl (C=O) groups is 4. The molecule has 18 nitrogen and oxygen atoms in total. The molecule has 2 aliphatic heterocycles. The Hall–Kier alpha value is -1.38. The van der Waals surface area contributed by atoms with Gasteiger partial charge in [0.2, 0.25) is 0 Å². The summed E-state index contributed by atoms with van der Waals surface area (Å²) < 4.78 is 125. The fraction of sp³-hybridized carbons (Fsp3) is 0.500. The first kappa shape index (κ1) is 26.9. The van der Waals surface area contributed by atoms with Crippen LogP contribution in [0.15, 0.2) is 0 Å². The van der Waals surface area contributed by atoms with Crippen LogP contribution in [0.1, 0.15) is 0 Å². The van der Waals surface area contributed by atoms with E-state index < -0.39 is 94.1 Å². The lowest BCUT2D eigenvalue weighted by Crippen LogP contribution is -2.39. The van der Waals surface area contributed by atoms with Gasteiger partial charge in [-0.2, -0.15) is 33.7 Å². The lowest BCUT2D eigenvalue weighted by Gasteiger charge is -2.15. The van der Waals surface area contributed by atoms with E-state index in [4.69, 9.17) is 9.11 Å². The summed E-state index contributed by atoms with van der Waals surface area (Å²) in [4.78, 5) is 48.3. The lowest BCUT2D eigenvalue weighted by molar-refractivity contribution is -0.134. The molecule has 0 aromatic carbocycles. The van der Waals surface area contributed by atoms with Gasteiger partial charge in [0.25, 0.3) is 43.9 Å². The highest BCUT2D eigenvalue weighted by molar-refractivity contribution is 8.77. The molecule has 2 heterocycles. The van der Waals surface area contributed by atoms with Gasteiger partial charge in [-0.15, -0.1) is 8.61 Å². The quantitative estimate of drug-likeness (QED) is 0.126. The number of rotatable bonds is 7. The van der Waals surface area contributed by atoms with E-state index in [0.29, 0.717) is 0 Å². The fourth-order valence-corrected chi connectivity index (χ4v) is 10.3. The number of amides is 4. The third-order valence-electron chi connectivity index (χ3n) is 3.69. The summed E-state index contributed by atoms with van der Waals surface area (Å²) in [7, 11) is -23.0. The molecule has 4 amide bonds. The summed E-state index contributed by atoms with van der Waals surface area (Å²) in [6, 6.07) is 0. The molecule has 0 saturated carbocycles. The fourth-order valence-electron chi connectivity index (χ4n) is 2.52. The van der Waals surface area contributed by atoms with Gasteiger partial charge in [-0.3, -0.25) is 37.4 Å². The molecule has 4 unspecified atom stereocenters. The second-order valence-electron chi connectivity index (χ2n) is 5.74. The minimum atomic E-state index is -5.69. The summed E-state index contributed by atoms with van der Waals surface area (Å²) in [6.45, 7) is 0. The molecule has 2 fully saturated rings. The smallest absolute Gasteiger partial charge is 0.285 e. The summed E-state index contributed by atoms with van der Waals surface area (Å²) in [6.07, 6.45) is 0. The van der Waals surface area contributed by atoms with E-state index in [1.54, 1.807) is 0 Å². The average Bonchev–Trinajstić information content (AvgIpc) is 2.93. The zero-order valence-corrected chi connectivity index (χ0v) is 19.2. The van der Waals surface area contributed by atoms with E-state index in [0.717, 1.165) is 0 Å². The Kier molecular flexibility index (Phi) is 6.83. The van der Waals surface area contributed by atoms with Gasteiger partial charge in [0, 0.05) is 0 Å². The van der Waals surface area contributed by atoms with Crippen LogP contribution in [-0.2, 0) is 60.0 Å². The average molecular weight is 581 g/mol. The van der Waals surface area contributed by atoms with Crippen molar-refractivity contribution >= 4 is 86.1 Å². The molecule has 0 bridgehead atoms. The third kappa shape index (κ3) is 4.77. The molecule has 24 heteroatoms. The van der Waals surface area contributed by atoms with E-state index >= 15 is 0 Å². The molecule has 32 heavy (non-hydrogen) atoms. The van der Waals surface area contributed by atoms with Crippen molar-refractivity contribution in [2.75, 3.05) is 0 Å². The highest BCUT2D eigenvalue weighted by atomic mass is 33.1. The molecule has 0 spiro atoms. The van der Waals surface area contributed by atoms with E-state index in [2.05, 4.69) is 0 Å². The molecule has 0 aromatic rings.